The lowest BCUT2D eigenvalue weighted by Gasteiger charge is -2.49. The summed E-state index contributed by atoms with van der Waals surface area (Å²) in [5.74, 6) is 0.510. The molecule has 3 aliphatic rings. The number of hydrogen-bond acceptors (Lipinski definition) is 6. The Morgan fingerprint density at radius 1 is 1.31 bits per heavy atom. The van der Waals surface area contributed by atoms with Gasteiger partial charge in [-0.25, -0.2) is 0 Å². The van der Waals surface area contributed by atoms with Gasteiger partial charge in [0.05, 0.1) is 18.2 Å². The molecule has 0 aromatic carbocycles. The van der Waals surface area contributed by atoms with E-state index >= 15 is 0 Å². The van der Waals surface area contributed by atoms with Gasteiger partial charge in [-0.2, -0.15) is 0 Å². The summed E-state index contributed by atoms with van der Waals surface area (Å²) in [6.45, 7) is 5.83. The molecule has 144 valence electrons. The van der Waals surface area contributed by atoms with E-state index in [0.29, 0.717) is 25.0 Å². The van der Waals surface area contributed by atoms with Crippen LogP contribution < -0.4 is 16.0 Å². The topological polar surface area (TPSA) is 104 Å². The molecule has 2 amide bonds. The molecule has 9 heteroatoms. The number of carbonyl (C=O) groups excluding carboxylic acids is 2. The largest absolute Gasteiger partial charge is 0.355 e. The van der Waals surface area contributed by atoms with Crippen LogP contribution in [0.25, 0.3) is 0 Å². The second kappa shape index (κ2) is 8.59. The standard InChI is InChI=1S/C17H29N7O2/c1-12(25)19-4-5-20-17(26)16-11-23-6-3-13(16)7-15(23)10-24-9-14(8-18-2)21-22-24/h9,13,15-16,18H,3-8,10-11H2,1-2H3,(H,19,25)(H,20,26). The summed E-state index contributed by atoms with van der Waals surface area (Å²) in [6, 6.07) is 0.418. The monoisotopic (exact) mass is 363 g/mol. The molecule has 0 aliphatic carbocycles. The molecule has 4 unspecified atom stereocenters. The van der Waals surface area contributed by atoms with Crippen LogP contribution in [-0.2, 0) is 22.7 Å². The summed E-state index contributed by atoms with van der Waals surface area (Å²) >= 11 is 0. The van der Waals surface area contributed by atoms with Crippen molar-refractivity contribution >= 4 is 11.8 Å². The summed E-state index contributed by atoms with van der Waals surface area (Å²) in [5, 5.41) is 17.1. The Labute approximate surface area is 153 Å². The van der Waals surface area contributed by atoms with Gasteiger partial charge in [0.15, 0.2) is 0 Å². The van der Waals surface area contributed by atoms with E-state index in [1.807, 2.05) is 17.9 Å². The maximum atomic E-state index is 12.5. The molecule has 3 aliphatic heterocycles. The fraction of sp³-hybridized carbons (Fsp3) is 0.765. The van der Waals surface area contributed by atoms with Crippen molar-refractivity contribution in [3.8, 4) is 0 Å². The van der Waals surface area contributed by atoms with Gasteiger partial charge in [0.25, 0.3) is 0 Å². The summed E-state index contributed by atoms with van der Waals surface area (Å²) in [7, 11) is 1.90. The first-order valence-electron chi connectivity index (χ1n) is 9.36. The lowest BCUT2D eigenvalue weighted by molar-refractivity contribution is -0.133. The molecule has 4 atom stereocenters. The second-order valence-corrected chi connectivity index (χ2v) is 7.28. The molecule has 0 radical (unpaired) electrons. The van der Waals surface area contributed by atoms with E-state index in [4.69, 9.17) is 0 Å². The van der Waals surface area contributed by atoms with Crippen molar-refractivity contribution in [2.45, 2.75) is 38.9 Å². The van der Waals surface area contributed by atoms with Crippen molar-refractivity contribution in [3.05, 3.63) is 11.9 Å². The zero-order chi connectivity index (χ0) is 18.5. The number of aromatic nitrogens is 3. The van der Waals surface area contributed by atoms with Gasteiger partial charge in [-0.05, 0) is 32.4 Å². The Kier molecular flexibility index (Phi) is 6.20. The molecule has 4 rings (SSSR count). The third-order valence-electron chi connectivity index (χ3n) is 5.36. The van der Waals surface area contributed by atoms with E-state index < -0.39 is 0 Å². The number of piperidine rings is 3. The maximum absolute atomic E-state index is 12.5. The first-order chi connectivity index (χ1) is 12.6. The number of nitrogens with zero attached hydrogens (tertiary/aromatic N) is 4. The van der Waals surface area contributed by atoms with Gasteiger partial charge in [-0.15, -0.1) is 5.10 Å². The highest BCUT2D eigenvalue weighted by Gasteiger charge is 2.43. The second-order valence-electron chi connectivity index (χ2n) is 7.28. The van der Waals surface area contributed by atoms with Crippen molar-refractivity contribution in [2.75, 3.05) is 33.2 Å². The first-order valence-corrected chi connectivity index (χ1v) is 9.36. The summed E-state index contributed by atoms with van der Waals surface area (Å²) in [6.07, 6.45) is 4.08. The zero-order valence-electron chi connectivity index (χ0n) is 15.6. The highest BCUT2D eigenvalue weighted by Crippen LogP contribution is 2.36. The van der Waals surface area contributed by atoms with Gasteiger partial charge in [0.1, 0.15) is 0 Å². The molecule has 1 aromatic rings. The average Bonchev–Trinajstić information content (AvgIpc) is 3.06. The van der Waals surface area contributed by atoms with Crippen molar-refractivity contribution in [1.82, 2.24) is 35.8 Å². The van der Waals surface area contributed by atoms with Crippen molar-refractivity contribution in [2.24, 2.45) is 11.8 Å². The quantitative estimate of drug-likeness (QED) is 0.510. The fourth-order valence-electron chi connectivity index (χ4n) is 4.09. The molecule has 9 nitrogen and oxygen atoms in total. The zero-order valence-corrected chi connectivity index (χ0v) is 15.6. The van der Waals surface area contributed by atoms with Crippen LogP contribution in [0, 0.1) is 11.8 Å². The fourth-order valence-corrected chi connectivity index (χ4v) is 4.09. The molecule has 2 bridgehead atoms. The van der Waals surface area contributed by atoms with E-state index in [2.05, 4.69) is 31.2 Å². The number of fused-ring (bicyclic) bond motifs is 3. The smallest absolute Gasteiger partial charge is 0.224 e. The number of amides is 2. The van der Waals surface area contributed by atoms with Gasteiger partial charge in [0.2, 0.25) is 11.8 Å². The Balaban J connectivity index is 1.49. The molecular formula is C17H29N7O2. The van der Waals surface area contributed by atoms with Crippen LogP contribution in [0.15, 0.2) is 6.20 Å². The molecule has 0 saturated carbocycles. The maximum Gasteiger partial charge on any atom is 0.224 e. The summed E-state index contributed by atoms with van der Waals surface area (Å²) in [4.78, 5) is 25.8. The van der Waals surface area contributed by atoms with Gasteiger partial charge in [-0.3, -0.25) is 19.2 Å². The van der Waals surface area contributed by atoms with Crippen LogP contribution >= 0.6 is 0 Å². The van der Waals surface area contributed by atoms with Crippen molar-refractivity contribution in [3.63, 3.8) is 0 Å². The molecule has 3 saturated heterocycles. The lowest BCUT2D eigenvalue weighted by Crippen LogP contribution is -2.58. The predicted molar refractivity (Wildman–Crippen MR) is 96.1 cm³/mol. The minimum absolute atomic E-state index is 0.0490. The average molecular weight is 363 g/mol. The summed E-state index contributed by atoms with van der Waals surface area (Å²) in [5.41, 5.74) is 0.944. The van der Waals surface area contributed by atoms with Crippen LogP contribution in [0.4, 0.5) is 0 Å². The van der Waals surface area contributed by atoms with E-state index in [1.54, 1.807) is 0 Å². The lowest BCUT2D eigenvalue weighted by atomic mass is 9.75. The van der Waals surface area contributed by atoms with E-state index in [1.165, 1.54) is 6.92 Å². The SMILES string of the molecule is CNCc1cn(CC2CC3CCN2CC3C(=O)NCCNC(C)=O)nn1. The number of nitrogens with one attached hydrogen (secondary N) is 3. The minimum atomic E-state index is -0.0732. The van der Waals surface area contributed by atoms with Crippen molar-refractivity contribution < 1.29 is 9.59 Å². The van der Waals surface area contributed by atoms with Crippen LogP contribution in [-0.4, -0.2) is 71.0 Å². The van der Waals surface area contributed by atoms with Crippen LogP contribution in [0.1, 0.15) is 25.5 Å². The Morgan fingerprint density at radius 2 is 2.12 bits per heavy atom. The van der Waals surface area contributed by atoms with Gasteiger partial charge >= 0.3 is 0 Å². The Hall–Kier alpha value is -2.00. The highest BCUT2D eigenvalue weighted by atomic mass is 16.2. The summed E-state index contributed by atoms with van der Waals surface area (Å²) < 4.78 is 1.92. The molecule has 0 spiro atoms. The number of rotatable bonds is 8. The van der Waals surface area contributed by atoms with Crippen LogP contribution in [0.2, 0.25) is 0 Å². The Morgan fingerprint density at radius 3 is 2.81 bits per heavy atom. The van der Waals surface area contributed by atoms with Gasteiger partial charge in [0, 0.05) is 45.3 Å². The van der Waals surface area contributed by atoms with E-state index in [0.717, 1.165) is 44.7 Å². The highest BCUT2D eigenvalue weighted by molar-refractivity contribution is 5.79. The minimum Gasteiger partial charge on any atom is -0.355 e. The molecular weight excluding hydrogens is 334 g/mol. The van der Waals surface area contributed by atoms with Crippen molar-refractivity contribution in [1.29, 1.82) is 0 Å². The van der Waals surface area contributed by atoms with Gasteiger partial charge < -0.3 is 16.0 Å². The van der Waals surface area contributed by atoms with Crippen LogP contribution in [0.5, 0.6) is 0 Å². The third kappa shape index (κ3) is 4.59. The van der Waals surface area contributed by atoms with Gasteiger partial charge in [-0.1, -0.05) is 5.21 Å². The third-order valence-corrected chi connectivity index (χ3v) is 5.36. The first kappa shape index (κ1) is 18.8. The predicted octanol–water partition coefficient (Wildman–Crippen LogP) is -1.04. The molecule has 1 aromatic heterocycles. The van der Waals surface area contributed by atoms with E-state index in [-0.39, 0.29) is 17.7 Å². The molecule has 3 fully saturated rings. The number of carbonyl (C=O) groups is 2. The molecule has 26 heavy (non-hydrogen) atoms. The van der Waals surface area contributed by atoms with Crippen LogP contribution in [0.3, 0.4) is 0 Å². The van der Waals surface area contributed by atoms with E-state index in [9.17, 15) is 9.59 Å². The molecule has 4 heterocycles. The Bertz CT molecular complexity index is 632. The molecule has 3 N–H and O–H groups in total. The number of hydrogen-bond donors (Lipinski definition) is 3. The normalized spacial score (nSPS) is 27.3.